The minimum atomic E-state index is -4.82. The second kappa shape index (κ2) is 5.81. The van der Waals surface area contributed by atoms with Crippen molar-refractivity contribution in [1.82, 2.24) is 0 Å². The van der Waals surface area contributed by atoms with Gasteiger partial charge >= 0.3 is 12.3 Å². The highest BCUT2D eigenvalue weighted by Gasteiger charge is 2.48. The van der Waals surface area contributed by atoms with Gasteiger partial charge in [-0.3, -0.25) is 9.59 Å². The molecule has 0 radical (unpaired) electrons. The lowest BCUT2D eigenvalue weighted by Crippen LogP contribution is -2.37. The fraction of sp³-hybridized carbons (Fsp3) is 0.333. The molecule has 1 rings (SSSR count). The third-order valence-electron chi connectivity index (χ3n) is 2.37. The van der Waals surface area contributed by atoms with Crippen LogP contribution in [0, 0.1) is 0 Å². The summed E-state index contributed by atoms with van der Waals surface area (Å²) in [6.45, 7) is 0. The van der Waals surface area contributed by atoms with Crippen LogP contribution in [0.15, 0.2) is 24.3 Å². The third kappa shape index (κ3) is 3.30. The van der Waals surface area contributed by atoms with E-state index in [1.807, 2.05) is 0 Å². The van der Waals surface area contributed by atoms with E-state index < -0.39 is 30.3 Å². The van der Waals surface area contributed by atoms with E-state index in [-0.39, 0.29) is 11.3 Å². The molecule has 0 amide bonds. The van der Waals surface area contributed by atoms with Gasteiger partial charge in [-0.05, 0) is 12.1 Å². The fourth-order valence-corrected chi connectivity index (χ4v) is 1.36. The lowest BCUT2D eigenvalue weighted by Gasteiger charge is -2.13. The molecule has 19 heavy (non-hydrogen) atoms. The van der Waals surface area contributed by atoms with Gasteiger partial charge in [-0.1, -0.05) is 12.1 Å². The molecule has 0 aliphatic heterocycles. The molecule has 0 aromatic heterocycles. The first-order chi connectivity index (χ1) is 8.80. The highest BCUT2D eigenvalue weighted by atomic mass is 19.3. The number of carbonyl (C=O) groups is 2. The highest BCUT2D eigenvalue weighted by Crippen LogP contribution is 2.27. The van der Waals surface area contributed by atoms with Crippen molar-refractivity contribution in [2.75, 3.05) is 7.11 Å². The van der Waals surface area contributed by atoms with Crippen molar-refractivity contribution in [3.63, 3.8) is 0 Å². The van der Waals surface area contributed by atoms with Crippen molar-refractivity contribution in [2.24, 2.45) is 0 Å². The van der Waals surface area contributed by atoms with Gasteiger partial charge in [0.25, 0.3) is 0 Å². The number of alkyl halides is 4. The summed E-state index contributed by atoms with van der Waals surface area (Å²) < 4.78 is 54.2. The largest absolute Gasteiger partial charge is 0.496 e. The van der Waals surface area contributed by atoms with Gasteiger partial charge in [0.1, 0.15) is 5.75 Å². The number of hydrogen-bond acceptors (Lipinski definition) is 3. The number of halogens is 4. The lowest BCUT2D eigenvalue weighted by molar-refractivity contribution is -0.166. The van der Waals surface area contributed by atoms with Crippen LogP contribution < -0.4 is 4.74 Å². The van der Waals surface area contributed by atoms with E-state index in [2.05, 4.69) is 0 Å². The smallest absolute Gasteiger partial charge is 0.364 e. The van der Waals surface area contributed by atoms with E-state index >= 15 is 0 Å². The molecule has 3 nitrogen and oxygen atoms in total. The first-order valence-electron chi connectivity index (χ1n) is 5.16. The van der Waals surface area contributed by atoms with Crippen molar-refractivity contribution in [1.29, 1.82) is 0 Å². The Morgan fingerprint density at radius 2 is 1.84 bits per heavy atom. The van der Waals surface area contributed by atoms with Crippen LogP contribution in [-0.2, 0) is 4.79 Å². The highest BCUT2D eigenvalue weighted by molar-refractivity contribution is 6.11. The number of ether oxygens (including phenoxy) is 1. The van der Waals surface area contributed by atoms with E-state index in [0.717, 1.165) is 0 Å². The van der Waals surface area contributed by atoms with Crippen molar-refractivity contribution in [3.05, 3.63) is 29.8 Å². The van der Waals surface area contributed by atoms with Gasteiger partial charge in [-0.25, -0.2) is 8.78 Å². The molecular formula is C12H10F4O3. The van der Waals surface area contributed by atoms with E-state index in [4.69, 9.17) is 4.74 Å². The van der Waals surface area contributed by atoms with E-state index in [0.29, 0.717) is 0 Å². The molecule has 0 saturated heterocycles. The molecule has 0 fully saturated rings. The Balaban J connectivity index is 2.89. The summed E-state index contributed by atoms with van der Waals surface area (Å²) in [5.74, 6) is -7.85. The Labute approximate surface area is 106 Å². The molecule has 0 bridgehead atoms. The van der Waals surface area contributed by atoms with Gasteiger partial charge in [-0.15, -0.1) is 0 Å². The minimum Gasteiger partial charge on any atom is -0.496 e. The Morgan fingerprint density at radius 1 is 1.26 bits per heavy atom. The number of hydrogen-bond donors (Lipinski definition) is 0. The van der Waals surface area contributed by atoms with Gasteiger partial charge < -0.3 is 4.74 Å². The zero-order valence-corrected chi connectivity index (χ0v) is 9.83. The summed E-state index contributed by atoms with van der Waals surface area (Å²) in [4.78, 5) is 22.6. The number of para-hydroxylation sites is 1. The maximum Gasteiger partial charge on any atom is 0.364 e. The summed E-state index contributed by atoms with van der Waals surface area (Å²) in [7, 11) is 1.25. The molecule has 1 aromatic carbocycles. The zero-order valence-electron chi connectivity index (χ0n) is 9.83. The van der Waals surface area contributed by atoms with Gasteiger partial charge in [0.05, 0.1) is 19.1 Å². The fourth-order valence-electron chi connectivity index (χ4n) is 1.36. The first kappa shape index (κ1) is 15.1. The molecule has 0 aliphatic carbocycles. The van der Waals surface area contributed by atoms with Crippen LogP contribution in [0.3, 0.4) is 0 Å². The minimum absolute atomic E-state index is 0.0839. The molecule has 1 aromatic rings. The monoisotopic (exact) mass is 278 g/mol. The van der Waals surface area contributed by atoms with Gasteiger partial charge in [0.2, 0.25) is 5.78 Å². The first-order valence-corrected chi connectivity index (χ1v) is 5.16. The normalized spacial score (nSPS) is 11.5. The second-order valence-electron chi connectivity index (χ2n) is 3.65. The van der Waals surface area contributed by atoms with Crippen LogP contribution in [0.5, 0.6) is 5.75 Å². The zero-order chi connectivity index (χ0) is 14.6. The van der Waals surface area contributed by atoms with Gasteiger partial charge in [0, 0.05) is 0 Å². The SMILES string of the molecule is COc1ccccc1C(=O)CC(=O)C(F)(F)C(F)F. The van der Waals surface area contributed by atoms with Crippen molar-refractivity contribution >= 4 is 11.6 Å². The Bertz CT molecular complexity index is 486. The van der Waals surface area contributed by atoms with Gasteiger partial charge in [-0.2, -0.15) is 8.78 Å². The van der Waals surface area contributed by atoms with Crippen LogP contribution in [0.4, 0.5) is 17.6 Å². The van der Waals surface area contributed by atoms with Crippen LogP contribution in [0.2, 0.25) is 0 Å². The third-order valence-corrected chi connectivity index (χ3v) is 2.37. The molecule has 0 aliphatic rings. The molecule has 0 saturated carbocycles. The Kier molecular flexibility index (Phi) is 4.63. The summed E-state index contributed by atoms with van der Waals surface area (Å²) in [5, 5.41) is 0. The van der Waals surface area contributed by atoms with E-state index in [1.54, 1.807) is 0 Å². The molecule has 104 valence electrons. The molecule has 0 atom stereocenters. The molecule has 0 N–H and O–H groups in total. The quantitative estimate of drug-likeness (QED) is 0.456. The molecular weight excluding hydrogens is 268 g/mol. The van der Waals surface area contributed by atoms with Crippen molar-refractivity contribution in [3.8, 4) is 5.75 Å². The Morgan fingerprint density at radius 3 is 2.37 bits per heavy atom. The number of Topliss-reactive ketones (excluding diaryl/α,β-unsaturated/α-hetero) is 2. The molecule has 0 unspecified atom stereocenters. The van der Waals surface area contributed by atoms with Crippen molar-refractivity contribution in [2.45, 2.75) is 18.8 Å². The molecule has 0 spiro atoms. The Hall–Kier alpha value is -1.92. The average molecular weight is 278 g/mol. The summed E-state index contributed by atoms with van der Waals surface area (Å²) >= 11 is 0. The number of benzene rings is 1. The van der Waals surface area contributed by atoms with Crippen molar-refractivity contribution < 1.29 is 31.9 Å². The van der Waals surface area contributed by atoms with Crippen LogP contribution in [0.1, 0.15) is 16.8 Å². The predicted molar refractivity (Wildman–Crippen MR) is 57.9 cm³/mol. The molecule has 0 heterocycles. The van der Waals surface area contributed by atoms with E-state index in [1.165, 1.54) is 31.4 Å². The average Bonchev–Trinajstić information content (AvgIpc) is 2.38. The second-order valence-corrected chi connectivity index (χ2v) is 3.65. The molecule has 7 heteroatoms. The topological polar surface area (TPSA) is 43.4 Å². The van der Waals surface area contributed by atoms with E-state index in [9.17, 15) is 27.2 Å². The standard InChI is InChI=1S/C12H10F4O3/c1-19-9-5-3-2-4-7(9)8(17)6-10(18)12(15,16)11(13)14/h2-5,11H,6H2,1H3. The number of methoxy groups -OCH3 is 1. The number of carbonyl (C=O) groups excluding carboxylic acids is 2. The number of ketones is 2. The van der Waals surface area contributed by atoms with Crippen LogP contribution >= 0.6 is 0 Å². The van der Waals surface area contributed by atoms with Crippen LogP contribution in [-0.4, -0.2) is 31.0 Å². The summed E-state index contributed by atoms with van der Waals surface area (Å²) in [6, 6.07) is 5.62. The predicted octanol–water partition coefficient (Wildman–Crippen LogP) is 2.74. The van der Waals surface area contributed by atoms with Gasteiger partial charge in [0.15, 0.2) is 5.78 Å². The lowest BCUT2D eigenvalue weighted by atomic mass is 10.0. The number of rotatable bonds is 6. The summed E-state index contributed by atoms with van der Waals surface area (Å²) in [5.41, 5.74) is -0.108. The van der Waals surface area contributed by atoms with Crippen LogP contribution in [0.25, 0.3) is 0 Å². The maximum atomic E-state index is 12.7. The maximum absolute atomic E-state index is 12.7. The summed E-state index contributed by atoms with van der Waals surface area (Å²) in [6.07, 6.45) is -5.44.